The van der Waals surface area contributed by atoms with E-state index >= 15 is 0 Å². The van der Waals surface area contributed by atoms with Gasteiger partial charge in [0, 0.05) is 45.8 Å². The van der Waals surface area contributed by atoms with Crippen LogP contribution in [0.3, 0.4) is 0 Å². The Bertz CT molecular complexity index is 996. The molecule has 0 spiro atoms. The van der Waals surface area contributed by atoms with Crippen LogP contribution in [0, 0.1) is 0 Å². The molecule has 0 aliphatic rings. The molecule has 0 fully saturated rings. The van der Waals surface area contributed by atoms with E-state index < -0.39 is 0 Å². The second kappa shape index (κ2) is 12.3. The fraction of sp³-hybridized carbons (Fsp3) is 0.143. The van der Waals surface area contributed by atoms with Gasteiger partial charge in [-0.3, -0.25) is 0 Å². The van der Waals surface area contributed by atoms with Crippen LogP contribution in [-0.2, 0) is 11.5 Å². The van der Waals surface area contributed by atoms with Gasteiger partial charge in [0.2, 0.25) is 0 Å². The van der Waals surface area contributed by atoms with Crippen LogP contribution in [0.5, 0.6) is 0 Å². The lowest BCUT2D eigenvalue weighted by Crippen LogP contribution is -2.14. The standard InChI is InChI=1S/C28H28N2S2/c1-3-11-23(12-4-1)21-31-27-17-9-7-15-25(27)29-19-20-30-26-16-8-10-18-28(26)32-22-24-13-5-2-6-14-24/h1-18,29-30H,19-22H2. The van der Waals surface area contributed by atoms with Gasteiger partial charge in [-0.2, -0.15) is 0 Å². The molecule has 0 saturated carbocycles. The molecule has 162 valence electrons. The maximum absolute atomic E-state index is 3.61. The predicted molar refractivity (Wildman–Crippen MR) is 142 cm³/mol. The average molecular weight is 457 g/mol. The lowest BCUT2D eigenvalue weighted by molar-refractivity contribution is 1.06. The topological polar surface area (TPSA) is 24.1 Å². The molecule has 32 heavy (non-hydrogen) atoms. The highest BCUT2D eigenvalue weighted by Crippen LogP contribution is 2.31. The summed E-state index contributed by atoms with van der Waals surface area (Å²) in [5, 5.41) is 7.21. The lowest BCUT2D eigenvalue weighted by atomic mass is 10.2. The van der Waals surface area contributed by atoms with Gasteiger partial charge in [-0.15, -0.1) is 23.5 Å². The molecule has 0 aliphatic heterocycles. The van der Waals surface area contributed by atoms with E-state index in [2.05, 4.69) is 120 Å². The summed E-state index contributed by atoms with van der Waals surface area (Å²) in [5.41, 5.74) is 5.08. The van der Waals surface area contributed by atoms with E-state index in [4.69, 9.17) is 0 Å². The van der Waals surface area contributed by atoms with E-state index in [1.54, 1.807) is 0 Å². The number of hydrogen-bond donors (Lipinski definition) is 2. The van der Waals surface area contributed by atoms with E-state index in [9.17, 15) is 0 Å². The number of hydrogen-bond acceptors (Lipinski definition) is 4. The SMILES string of the molecule is c1ccc(CSc2ccccc2NCCNc2ccccc2SCc2ccccc2)cc1. The van der Waals surface area contributed by atoms with Crippen molar-refractivity contribution in [2.24, 2.45) is 0 Å². The number of anilines is 2. The van der Waals surface area contributed by atoms with E-state index in [0.717, 1.165) is 24.6 Å². The van der Waals surface area contributed by atoms with Crippen molar-refractivity contribution in [1.82, 2.24) is 0 Å². The molecule has 0 atom stereocenters. The minimum absolute atomic E-state index is 0.862. The monoisotopic (exact) mass is 456 g/mol. The van der Waals surface area contributed by atoms with Crippen LogP contribution in [0.2, 0.25) is 0 Å². The van der Waals surface area contributed by atoms with Crippen molar-refractivity contribution < 1.29 is 0 Å². The first-order chi connectivity index (χ1) is 15.9. The first-order valence-electron chi connectivity index (χ1n) is 10.9. The van der Waals surface area contributed by atoms with Crippen molar-refractivity contribution in [3.8, 4) is 0 Å². The van der Waals surface area contributed by atoms with Crippen LogP contribution in [0.4, 0.5) is 11.4 Å². The molecule has 2 nitrogen and oxygen atoms in total. The molecule has 4 aromatic rings. The highest BCUT2D eigenvalue weighted by atomic mass is 32.2. The van der Waals surface area contributed by atoms with E-state index in [1.165, 1.54) is 32.3 Å². The van der Waals surface area contributed by atoms with E-state index in [0.29, 0.717) is 0 Å². The zero-order valence-corrected chi connectivity index (χ0v) is 19.7. The van der Waals surface area contributed by atoms with Crippen LogP contribution in [0.15, 0.2) is 119 Å². The predicted octanol–water partition coefficient (Wildman–Crippen LogP) is 7.80. The summed E-state index contributed by atoms with van der Waals surface area (Å²) >= 11 is 3.75. The Hall–Kier alpha value is -2.82. The van der Waals surface area contributed by atoms with Crippen LogP contribution < -0.4 is 10.6 Å². The smallest absolute Gasteiger partial charge is 0.0479 e. The summed E-state index contributed by atoms with van der Waals surface area (Å²) in [5.74, 6) is 1.95. The van der Waals surface area contributed by atoms with Crippen LogP contribution in [0.25, 0.3) is 0 Å². The van der Waals surface area contributed by atoms with Gasteiger partial charge in [0.05, 0.1) is 0 Å². The normalized spacial score (nSPS) is 10.6. The first-order valence-corrected chi connectivity index (χ1v) is 12.8. The summed E-state index contributed by atoms with van der Waals surface area (Å²) in [6.45, 7) is 1.72. The quantitative estimate of drug-likeness (QED) is 0.178. The molecule has 0 amide bonds. The maximum Gasteiger partial charge on any atom is 0.0479 e. The van der Waals surface area contributed by atoms with Gasteiger partial charge in [0.1, 0.15) is 0 Å². The van der Waals surface area contributed by atoms with Gasteiger partial charge in [0.25, 0.3) is 0 Å². The number of nitrogens with one attached hydrogen (secondary N) is 2. The summed E-state index contributed by atoms with van der Waals surface area (Å²) in [6, 6.07) is 38.4. The largest absolute Gasteiger partial charge is 0.382 e. The van der Waals surface area contributed by atoms with Crippen molar-refractivity contribution >= 4 is 34.9 Å². The second-order valence-corrected chi connectivity index (χ2v) is 9.43. The Labute approximate surface area is 199 Å². The van der Waals surface area contributed by atoms with Crippen molar-refractivity contribution in [2.45, 2.75) is 21.3 Å². The third-order valence-electron chi connectivity index (χ3n) is 5.00. The number of benzene rings is 4. The molecule has 0 aliphatic carbocycles. The van der Waals surface area contributed by atoms with Crippen molar-refractivity contribution in [2.75, 3.05) is 23.7 Å². The van der Waals surface area contributed by atoms with Gasteiger partial charge in [0.15, 0.2) is 0 Å². The Morgan fingerprint density at radius 3 is 1.25 bits per heavy atom. The fourth-order valence-electron chi connectivity index (χ4n) is 3.34. The molecular weight excluding hydrogens is 428 g/mol. The molecule has 4 rings (SSSR count). The van der Waals surface area contributed by atoms with Crippen molar-refractivity contribution in [3.63, 3.8) is 0 Å². The minimum Gasteiger partial charge on any atom is -0.382 e. The number of rotatable bonds is 11. The van der Waals surface area contributed by atoms with Crippen LogP contribution in [0.1, 0.15) is 11.1 Å². The number of thioether (sulfide) groups is 2. The van der Waals surface area contributed by atoms with Gasteiger partial charge in [-0.25, -0.2) is 0 Å². The Kier molecular flexibility index (Phi) is 8.58. The fourth-order valence-corrected chi connectivity index (χ4v) is 5.31. The molecule has 4 aromatic carbocycles. The molecule has 2 N–H and O–H groups in total. The molecule has 0 aromatic heterocycles. The van der Waals surface area contributed by atoms with Gasteiger partial charge in [-0.1, -0.05) is 84.9 Å². The Balaban J connectivity index is 1.28. The number of para-hydroxylation sites is 2. The molecule has 0 radical (unpaired) electrons. The zero-order valence-electron chi connectivity index (χ0n) is 18.0. The summed E-state index contributed by atoms with van der Waals surface area (Å²) in [6.07, 6.45) is 0. The molecule has 4 heteroatoms. The maximum atomic E-state index is 3.61. The highest BCUT2D eigenvalue weighted by molar-refractivity contribution is 7.99. The molecule has 0 bridgehead atoms. The first kappa shape index (κ1) is 22.4. The molecule has 0 heterocycles. The zero-order chi connectivity index (χ0) is 21.8. The average Bonchev–Trinajstić information content (AvgIpc) is 2.86. The van der Waals surface area contributed by atoms with E-state index in [1.807, 2.05) is 23.5 Å². The highest BCUT2D eigenvalue weighted by Gasteiger charge is 2.05. The van der Waals surface area contributed by atoms with Crippen LogP contribution in [-0.4, -0.2) is 13.1 Å². The molecular formula is C28H28N2S2. The minimum atomic E-state index is 0.862. The lowest BCUT2D eigenvalue weighted by Gasteiger charge is -2.14. The van der Waals surface area contributed by atoms with Crippen LogP contribution >= 0.6 is 23.5 Å². The van der Waals surface area contributed by atoms with E-state index in [-0.39, 0.29) is 0 Å². The van der Waals surface area contributed by atoms with Gasteiger partial charge < -0.3 is 10.6 Å². The Morgan fingerprint density at radius 2 is 0.812 bits per heavy atom. The van der Waals surface area contributed by atoms with Crippen molar-refractivity contribution in [3.05, 3.63) is 120 Å². The van der Waals surface area contributed by atoms with Gasteiger partial charge in [-0.05, 0) is 35.4 Å². The third kappa shape index (κ3) is 6.84. The third-order valence-corrected chi connectivity index (χ3v) is 7.29. The molecule has 0 saturated heterocycles. The summed E-state index contributed by atoms with van der Waals surface area (Å²) in [4.78, 5) is 2.57. The van der Waals surface area contributed by atoms with Crippen molar-refractivity contribution in [1.29, 1.82) is 0 Å². The Morgan fingerprint density at radius 1 is 0.438 bits per heavy atom. The van der Waals surface area contributed by atoms with Gasteiger partial charge >= 0.3 is 0 Å². The second-order valence-electron chi connectivity index (χ2n) is 7.39. The molecule has 0 unspecified atom stereocenters. The summed E-state index contributed by atoms with van der Waals surface area (Å²) < 4.78 is 0. The summed E-state index contributed by atoms with van der Waals surface area (Å²) in [7, 11) is 0.